The second-order valence-electron chi connectivity index (χ2n) is 7.64. The molecule has 0 radical (unpaired) electrons. The Kier molecular flexibility index (Phi) is 5.69. The number of hydrogen-bond acceptors (Lipinski definition) is 5. The van der Waals surface area contributed by atoms with Crippen LogP contribution in [0.4, 0.5) is 5.69 Å². The second kappa shape index (κ2) is 8.43. The Hall–Kier alpha value is -3.32. The standard InChI is InChI=1S/C24H24N4O2S/c1-5-17-7-9-18(10-8-17)26-20(29)13-28-24(30)22-23(31-16(4)25-22)21(27-28)19-11-6-14(2)12-15(19)3/h6-12H,5,13H2,1-4H3,(H,26,29). The molecule has 1 N–H and O–H groups in total. The number of amides is 1. The van der Waals surface area contributed by atoms with Crippen LogP contribution < -0.4 is 10.9 Å². The van der Waals surface area contributed by atoms with Crippen LogP contribution in [0.5, 0.6) is 0 Å². The highest BCUT2D eigenvalue weighted by Crippen LogP contribution is 2.31. The van der Waals surface area contributed by atoms with Crippen LogP contribution in [0.15, 0.2) is 47.3 Å². The van der Waals surface area contributed by atoms with E-state index in [0.717, 1.165) is 32.8 Å². The minimum atomic E-state index is -0.357. The van der Waals surface area contributed by atoms with Crippen molar-refractivity contribution in [2.75, 3.05) is 5.32 Å². The maximum atomic E-state index is 13.0. The third-order valence-electron chi connectivity index (χ3n) is 5.18. The van der Waals surface area contributed by atoms with Gasteiger partial charge in [-0.05, 0) is 50.5 Å². The molecule has 1 amide bonds. The SMILES string of the molecule is CCc1ccc(NC(=O)Cn2nc(-c3ccc(C)cc3C)c3sc(C)nc3c2=O)cc1. The maximum Gasteiger partial charge on any atom is 0.294 e. The summed E-state index contributed by atoms with van der Waals surface area (Å²) in [7, 11) is 0. The Morgan fingerprint density at radius 2 is 1.84 bits per heavy atom. The zero-order valence-electron chi connectivity index (χ0n) is 18.0. The van der Waals surface area contributed by atoms with E-state index in [2.05, 4.69) is 28.4 Å². The molecule has 0 fully saturated rings. The van der Waals surface area contributed by atoms with E-state index in [0.29, 0.717) is 16.9 Å². The van der Waals surface area contributed by atoms with Crippen molar-refractivity contribution >= 4 is 33.1 Å². The molecule has 2 aromatic heterocycles. The Labute approximate surface area is 184 Å². The molecule has 0 atom stereocenters. The zero-order chi connectivity index (χ0) is 22.1. The molecule has 0 saturated heterocycles. The van der Waals surface area contributed by atoms with Gasteiger partial charge >= 0.3 is 0 Å². The molecule has 0 saturated carbocycles. The number of fused-ring (bicyclic) bond motifs is 1. The number of benzene rings is 2. The molecule has 0 unspecified atom stereocenters. The number of nitrogens with zero attached hydrogens (tertiary/aromatic N) is 3. The molecule has 0 aliphatic heterocycles. The van der Waals surface area contributed by atoms with Crippen molar-refractivity contribution in [2.45, 2.75) is 40.7 Å². The molecule has 6 nitrogen and oxygen atoms in total. The molecule has 158 valence electrons. The summed E-state index contributed by atoms with van der Waals surface area (Å²) in [5.41, 5.74) is 5.71. The van der Waals surface area contributed by atoms with Crippen LogP contribution >= 0.6 is 11.3 Å². The van der Waals surface area contributed by atoms with E-state index >= 15 is 0 Å². The molecular weight excluding hydrogens is 408 g/mol. The summed E-state index contributed by atoms with van der Waals surface area (Å²) in [6, 6.07) is 13.8. The normalized spacial score (nSPS) is 11.1. The van der Waals surface area contributed by atoms with Gasteiger partial charge < -0.3 is 5.32 Å². The van der Waals surface area contributed by atoms with E-state index in [-0.39, 0.29) is 18.0 Å². The summed E-state index contributed by atoms with van der Waals surface area (Å²) in [4.78, 5) is 30.1. The van der Waals surface area contributed by atoms with Gasteiger partial charge in [0.05, 0.1) is 9.71 Å². The van der Waals surface area contributed by atoms with Gasteiger partial charge in [-0.3, -0.25) is 9.59 Å². The lowest BCUT2D eigenvalue weighted by Crippen LogP contribution is -2.30. The van der Waals surface area contributed by atoms with Crippen LogP contribution in [0, 0.1) is 20.8 Å². The fraction of sp³-hybridized carbons (Fsp3) is 0.250. The number of hydrogen-bond donors (Lipinski definition) is 1. The van der Waals surface area contributed by atoms with E-state index in [1.54, 1.807) is 0 Å². The molecule has 4 aromatic rings. The van der Waals surface area contributed by atoms with Crippen molar-refractivity contribution in [1.29, 1.82) is 0 Å². The molecule has 4 rings (SSSR count). The summed E-state index contributed by atoms with van der Waals surface area (Å²) in [5.74, 6) is -0.309. The number of rotatable bonds is 5. The van der Waals surface area contributed by atoms with Crippen molar-refractivity contribution in [3.63, 3.8) is 0 Å². The van der Waals surface area contributed by atoms with Crippen molar-refractivity contribution in [2.24, 2.45) is 0 Å². The number of nitrogens with one attached hydrogen (secondary N) is 1. The first-order valence-corrected chi connectivity index (χ1v) is 11.0. The van der Waals surface area contributed by atoms with Crippen molar-refractivity contribution < 1.29 is 4.79 Å². The molecule has 0 aliphatic rings. The second-order valence-corrected chi connectivity index (χ2v) is 8.84. The van der Waals surface area contributed by atoms with Gasteiger partial charge in [0.1, 0.15) is 12.2 Å². The summed E-state index contributed by atoms with van der Waals surface area (Å²) >= 11 is 1.45. The first-order chi connectivity index (χ1) is 14.9. The molecule has 0 aliphatic carbocycles. The molecular formula is C24H24N4O2S. The monoisotopic (exact) mass is 432 g/mol. The van der Waals surface area contributed by atoms with Crippen LogP contribution in [-0.2, 0) is 17.8 Å². The minimum absolute atomic E-state index is 0.182. The largest absolute Gasteiger partial charge is 0.324 e. The average Bonchev–Trinajstić information content (AvgIpc) is 3.13. The lowest BCUT2D eigenvalue weighted by atomic mass is 10.0. The van der Waals surface area contributed by atoms with Crippen molar-refractivity contribution in [1.82, 2.24) is 14.8 Å². The van der Waals surface area contributed by atoms with E-state index in [1.165, 1.54) is 21.6 Å². The summed E-state index contributed by atoms with van der Waals surface area (Å²) in [6.07, 6.45) is 0.932. The molecule has 2 aromatic carbocycles. The predicted octanol–water partition coefficient (Wildman–Crippen LogP) is 4.65. The van der Waals surface area contributed by atoms with Gasteiger partial charge in [-0.15, -0.1) is 11.3 Å². The van der Waals surface area contributed by atoms with Crippen molar-refractivity contribution in [3.05, 3.63) is 74.5 Å². The van der Waals surface area contributed by atoms with Gasteiger partial charge in [-0.2, -0.15) is 5.10 Å². The van der Waals surface area contributed by atoms with Crippen LogP contribution in [0.1, 0.15) is 28.6 Å². The lowest BCUT2D eigenvalue weighted by molar-refractivity contribution is -0.117. The number of aryl methyl sites for hydroxylation is 4. The summed E-state index contributed by atoms with van der Waals surface area (Å²) in [6.45, 7) is 7.82. The topological polar surface area (TPSA) is 76.9 Å². The van der Waals surface area contributed by atoms with Crippen LogP contribution in [0.3, 0.4) is 0 Å². The molecule has 0 spiro atoms. The van der Waals surface area contributed by atoms with Crippen molar-refractivity contribution in [3.8, 4) is 11.3 Å². The third kappa shape index (κ3) is 4.27. The van der Waals surface area contributed by atoms with Gasteiger partial charge in [-0.1, -0.05) is 42.8 Å². The fourth-order valence-corrected chi connectivity index (χ4v) is 4.50. The predicted molar refractivity (Wildman–Crippen MR) is 126 cm³/mol. The van der Waals surface area contributed by atoms with E-state index in [4.69, 9.17) is 0 Å². The first kappa shape index (κ1) is 20.9. The zero-order valence-corrected chi connectivity index (χ0v) is 18.8. The Balaban J connectivity index is 1.73. The highest BCUT2D eigenvalue weighted by molar-refractivity contribution is 7.19. The number of carbonyl (C=O) groups is 1. The summed E-state index contributed by atoms with van der Waals surface area (Å²) in [5, 5.41) is 8.23. The smallest absolute Gasteiger partial charge is 0.294 e. The van der Waals surface area contributed by atoms with E-state index < -0.39 is 0 Å². The molecule has 2 heterocycles. The molecule has 7 heteroatoms. The quantitative estimate of drug-likeness (QED) is 0.498. The van der Waals surface area contributed by atoms with Crippen LogP contribution in [0.2, 0.25) is 0 Å². The van der Waals surface area contributed by atoms with E-state index in [9.17, 15) is 9.59 Å². The Morgan fingerprint density at radius 3 is 2.52 bits per heavy atom. The van der Waals surface area contributed by atoms with Gasteiger partial charge in [0.25, 0.3) is 5.56 Å². The Morgan fingerprint density at radius 1 is 1.10 bits per heavy atom. The Bertz CT molecular complexity index is 1340. The van der Waals surface area contributed by atoms with Crippen LogP contribution in [-0.4, -0.2) is 20.7 Å². The third-order valence-corrected chi connectivity index (χ3v) is 6.16. The van der Waals surface area contributed by atoms with Gasteiger partial charge in [0.2, 0.25) is 5.91 Å². The van der Waals surface area contributed by atoms with Gasteiger partial charge in [0.15, 0.2) is 5.52 Å². The highest BCUT2D eigenvalue weighted by Gasteiger charge is 2.19. The number of anilines is 1. The molecule has 0 bridgehead atoms. The number of carbonyl (C=O) groups excluding carboxylic acids is 1. The fourth-order valence-electron chi connectivity index (χ4n) is 3.59. The van der Waals surface area contributed by atoms with Gasteiger partial charge in [-0.25, -0.2) is 9.67 Å². The number of thiazole rings is 1. The lowest BCUT2D eigenvalue weighted by Gasteiger charge is -2.11. The van der Waals surface area contributed by atoms with E-state index in [1.807, 2.05) is 57.2 Å². The molecule has 31 heavy (non-hydrogen) atoms. The summed E-state index contributed by atoms with van der Waals surface area (Å²) < 4.78 is 1.97. The minimum Gasteiger partial charge on any atom is -0.324 e. The first-order valence-electron chi connectivity index (χ1n) is 10.2. The van der Waals surface area contributed by atoms with Gasteiger partial charge in [0, 0.05) is 11.3 Å². The average molecular weight is 433 g/mol. The van der Waals surface area contributed by atoms with Crippen LogP contribution in [0.25, 0.3) is 21.5 Å². The maximum absolute atomic E-state index is 13.0. The highest BCUT2D eigenvalue weighted by atomic mass is 32.1. The number of aromatic nitrogens is 3.